The quantitative estimate of drug-likeness (QED) is 0.276. The van der Waals surface area contributed by atoms with Gasteiger partial charge in [-0.3, -0.25) is 4.79 Å². The highest BCUT2D eigenvalue weighted by Gasteiger charge is 2.11. The monoisotopic (exact) mass is 560 g/mol. The second kappa shape index (κ2) is 13.8. The zero-order valence-electron chi connectivity index (χ0n) is 17.8. The summed E-state index contributed by atoms with van der Waals surface area (Å²) in [6, 6.07) is 15.5. The first-order valence-electron chi connectivity index (χ1n) is 9.55. The first-order chi connectivity index (χ1) is 13.9. The molecule has 1 atom stereocenters. The Morgan fingerprint density at radius 1 is 1.17 bits per heavy atom. The number of nitrogens with zero attached hydrogens (tertiary/aromatic N) is 2. The van der Waals surface area contributed by atoms with Gasteiger partial charge in [-0.05, 0) is 48.6 Å². The highest BCUT2D eigenvalue weighted by Crippen LogP contribution is 2.27. The molecule has 0 bridgehead atoms. The summed E-state index contributed by atoms with van der Waals surface area (Å²) in [6.45, 7) is 4.10. The molecule has 2 N–H and O–H groups in total. The van der Waals surface area contributed by atoms with Gasteiger partial charge < -0.3 is 15.5 Å². The maximum atomic E-state index is 12.0. The van der Waals surface area contributed by atoms with Gasteiger partial charge in [0.1, 0.15) is 0 Å². The Balaban J connectivity index is 0.00000450. The number of rotatable bonds is 8. The fourth-order valence-electron chi connectivity index (χ4n) is 2.76. The topological polar surface area (TPSA) is 56.7 Å². The van der Waals surface area contributed by atoms with E-state index in [0.29, 0.717) is 12.1 Å². The zero-order chi connectivity index (χ0) is 21.2. The Bertz CT molecular complexity index is 830. The minimum absolute atomic E-state index is 0. The molecule has 0 aliphatic heterocycles. The zero-order valence-corrected chi connectivity index (χ0v) is 21.7. The molecule has 1 amide bonds. The summed E-state index contributed by atoms with van der Waals surface area (Å²) in [4.78, 5) is 18.2. The van der Waals surface area contributed by atoms with Gasteiger partial charge >= 0.3 is 0 Å². The van der Waals surface area contributed by atoms with E-state index in [-0.39, 0.29) is 35.1 Å². The molecule has 2 rings (SSSR count). The molecule has 0 aromatic heterocycles. The average molecular weight is 561 g/mol. The number of carbonyl (C=O) groups is 1. The van der Waals surface area contributed by atoms with E-state index in [1.165, 1.54) is 5.56 Å². The standard InChI is InChI=1S/C22H29ClN4OS.HI/c1-5-24-22(26-15-20(29-4)18-7-6-8-19(23)13-18)25-14-16-9-11-17(12-10-16)21(28)27(2)3;/h6-13,20H,5,14-15H2,1-4H3,(H2,24,25,26);1H. The maximum Gasteiger partial charge on any atom is 0.253 e. The normalized spacial score (nSPS) is 12.0. The lowest BCUT2D eigenvalue weighted by Crippen LogP contribution is -2.39. The molecule has 2 aromatic carbocycles. The molecule has 0 radical (unpaired) electrons. The largest absolute Gasteiger partial charge is 0.357 e. The predicted octanol–water partition coefficient (Wildman–Crippen LogP) is 4.82. The van der Waals surface area contributed by atoms with E-state index in [4.69, 9.17) is 11.6 Å². The van der Waals surface area contributed by atoms with E-state index < -0.39 is 0 Å². The second-order valence-corrected chi connectivity index (χ2v) is 8.23. The summed E-state index contributed by atoms with van der Waals surface area (Å²) < 4.78 is 0. The lowest BCUT2D eigenvalue weighted by Gasteiger charge is -2.18. The van der Waals surface area contributed by atoms with Gasteiger partial charge in [0.05, 0.1) is 6.54 Å². The molecule has 0 aliphatic rings. The average Bonchev–Trinajstić information content (AvgIpc) is 2.72. The molecule has 0 saturated heterocycles. The van der Waals surface area contributed by atoms with Crippen LogP contribution in [0.25, 0.3) is 0 Å². The van der Waals surface area contributed by atoms with Gasteiger partial charge in [-0.2, -0.15) is 11.8 Å². The number of guanidine groups is 1. The van der Waals surface area contributed by atoms with Crippen LogP contribution in [0.4, 0.5) is 0 Å². The highest BCUT2D eigenvalue weighted by molar-refractivity contribution is 14.0. The van der Waals surface area contributed by atoms with Crippen molar-refractivity contribution in [2.24, 2.45) is 4.99 Å². The SMILES string of the molecule is CCNC(=NCc1ccc(C(=O)N(C)C)cc1)NCC(SC)c1cccc(Cl)c1.I. The molecule has 0 saturated carbocycles. The molecule has 30 heavy (non-hydrogen) atoms. The van der Waals surface area contributed by atoms with Crippen LogP contribution in [0.1, 0.15) is 33.7 Å². The summed E-state index contributed by atoms with van der Waals surface area (Å²) >= 11 is 7.91. The lowest BCUT2D eigenvalue weighted by molar-refractivity contribution is 0.0827. The third-order valence-electron chi connectivity index (χ3n) is 4.33. The van der Waals surface area contributed by atoms with Crippen molar-refractivity contribution in [2.45, 2.75) is 18.7 Å². The predicted molar refractivity (Wildman–Crippen MR) is 140 cm³/mol. The van der Waals surface area contributed by atoms with Crippen LogP contribution in [0.2, 0.25) is 5.02 Å². The molecule has 164 valence electrons. The van der Waals surface area contributed by atoms with Crippen LogP contribution in [0.15, 0.2) is 53.5 Å². The van der Waals surface area contributed by atoms with Crippen molar-refractivity contribution in [1.82, 2.24) is 15.5 Å². The fraction of sp³-hybridized carbons (Fsp3) is 0.364. The number of benzene rings is 2. The van der Waals surface area contributed by atoms with Gasteiger partial charge in [0.15, 0.2) is 5.96 Å². The van der Waals surface area contributed by atoms with Gasteiger partial charge in [0, 0.05) is 43.0 Å². The Hall–Kier alpha value is -1.45. The number of nitrogens with one attached hydrogen (secondary N) is 2. The minimum Gasteiger partial charge on any atom is -0.357 e. The molecular formula is C22H30ClIN4OS. The third kappa shape index (κ3) is 8.35. The van der Waals surface area contributed by atoms with Crippen LogP contribution in [-0.4, -0.2) is 50.2 Å². The van der Waals surface area contributed by atoms with Crippen molar-refractivity contribution in [1.29, 1.82) is 0 Å². The van der Waals surface area contributed by atoms with Crippen LogP contribution in [0, 0.1) is 0 Å². The third-order valence-corrected chi connectivity index (χ3v) is 5.57. The Morgan fingerprint density at radius 3 is 2.43 bits per heavy atom. The minimum atomic E-state index is -0.000760. The number of thioether (sulfide) groups is 1. The van der Waals surface area contributed by atoms with Gasteiger partial charge in [-0.1, -0.05) is 35.9 Å². The first-order valence-corrected chi connectivity index (χ1v) is 11.2. The number of amides is 1. The Labute approximate surface area is 206 Å². The summed E-state index contributed by atoms with van der Waals surface area (Å²) in [6.07, 6.45) is 2.09. The number of aliphatic imine (C=N–C) groups is 1. The van der Waals surface area contributed by atoms with E-state index >= 15 is 0 Å². The maximum absolute atomic E-state index is 12.0. The molecule has 8 heteroatoms. The number of halogens is 2. The van der Waals surface area contributed by atoms with Crippen LogP contribution in [0.3, 0.4) is 0 Å². The molecule has 1 unspecified atom stereocenters. The molecule has 0 spiro atoms. The Morgan fingerprint density at radius 2 is 1.87 bits per heavy atom. The molecular weight excluding hydrogens is 531 g/mol. The summed E-state index contributed by atoms with van der Waals surface area (Å²) in [7, 11) is 3.50. The van der Waals surface area contributed by atoms with Crippen LogP contribution < -0.4 is 10.6 Å². The van der Waals surface area contributed by atoms with Gasteiger partial charge in [-0.15, -0.1) is 24.0 Å². The fourth-order valence-corrected chi connectivity index (χ4v) is 3.62. The van der Waals surface area contributed by atoms with Gasteiger partial charge in [0.25, 0.3) is 5.91 Å². The van der Waals surface area contributed by atoms with Crippen molar-refractivity contribution in [3.8, 4) is 0 Å². The van der Waals surface area contributed by atoms with Crippen molar-refractivity contribution in [3.63, 3.8) is 0 Å². The molecule has 0 aliphatic carbocycles. The van der Waals surface area contributed by atoms with Crippen molar-refractivity contribution >= 4 is 59.2 Å². The number of hydrogen-bond acceptors (Lipinski definition) is 3. The summed E-state index contributed by atoms with van der Waals surface area (Å²) in [5.74, 6) is 0.765. The van der Waals surface area contributed by atoms with Gasteiger partial charge in [-0.25, -0.2) is 4.99 Å². The van der Waals surface area contributed by atoms with Crippen LogP contribution >= 0.6 is 47.3 Å². The molecule has 0 heterocycles. The van der Waals surface area contributed by atoms with Crippen molar-refractivity contribution < 1.29 is 4.79 Å². The molecule has 2 aromatic rings. The van der Waals surface area contributed by atoms with E-state index in [9.17, 15) is 4.79 Å². The molecule has 0 fully saturated rings. The lowest BCUT2D eigenvalue weighted by atomic mass is 10.1. The van der Waals surface area contributed by atoms with E-state index in [1.807, 2.05) is 49.4 Å². The van der Waals surface area contributed by atoms with E-state index in [0.717, 1.165) is 29.6 Å². The highest BCUT2D eigenvalue weighted by atomic mass is 127. The summed E-state index contributed by atoms with van der Waals surface area (Å²) in [5.41, 5.74) is 2.92. The smallest absolute Gasteiger partial charge is 0.253 e. The number of carbonyl (C=O) groups excluding carboxylic acids is 1. The van der Waals surface area contributed by atoms with Crippen LogP contribution in [0.5, 0.6) is 0 Å². The van der Waals surface area contributed by atoms with Crippen molar-refractivity contribution in [3.05, 3.63) is 70.2 Å². The summed E-state index contributed by atoms with van der Waals surface area (Å²) in [5, 5.41) is 7.72. The second-order valence-electron chi connectivity index (χ2n) is 6.75. The van der Waals surface area contributed by atoms with Gasteiger partial charge in [0.2, 0.25) is 0 Å². The Kier molecular flexibility index (Phi) is 12.2. The first kappa shape index (κ1) is 26.6. The number of hydrogen-bond donors (Lipinski definition) is 2. The van der Waals surface area contributed by atoms with E-state index in [2.05, 4.69) is 27.9 Å². The van der Waals surface area contributed by atoms with Crippen LogP contribution in [-0.2, 0) is 6.54 Å². The van der Waals surface area contributed by atoms with Crippen molar-refractivity contribution in [2.75, 3.05) is 33.4 Å². The molecule has 5 nitrogen and oxygen atoms in total. The van der Waals surface area contributed by atoms with E-state index in [1.54, 1.807) is 30.8 Å².